The molecule has 0 amide bonds. The van der Waals surface area contributed by atoms with Crippen LogP contribution in [0.2, 0.25) is 0 Å². The largest absolute Gasteiger partial charge is 0.479 e. The highest BCUT2D eigenvalue weighted by atomic mass is 16.5. The zero-order chi connectivity index (χ0) is 15.4. The molecule has 4 heteroatoms. The molecule has 0 saturated carbocycles. The maximum Gasteiger partial charge on any atom is 0.239 e. The third-order valence-corrected chi connectivity index (χ3v) is 3.32. The van der Waals surface area contributed by atoms with Crippen LogP contribution in [0.15, 0.2) is 30.5 Å². The summed E-state index contributed by atoms with van der Waals surface area (Å²) in [4.78, 5) is 6.33. The lowest BCUT2D eigenvalue weighted by atomic mass is 10.1. The average Bonchev–Trinajstić information content (AvgIpc) is 2.43. The van der Waals surface area contributed by atoms with Gasteiger partial charge in [-0.2, -0.15) is 0 Å². The minimum Gasteiger partial charge on any atom is -0.479 e. The van der Waals surface area contributed by atoms with Crippen LogP contribution in [0.4, 0.5) is 11.4 Å². The van der Waals surface area contributed by atoms with Crippen molar-refractivity contribution in [3.05, 3.63) is 47.2 Å². The molecule has 0 bridgehead atoms. The molecule has 1 N–H and O–H groups in total. The second-order valence-corrected chi connectivity index (χ2v) is 5.46. The lowest BCUT2D eigenvalue weighted by molar-refractivity contribution is 0.400. The predicted octanol–water partition coefficient (Wildman–Crippen LogP) is 3.39. The number of ether oxygens (including phenoxy) is 1. The Balaban J connectivity index is 2.26. The third-order valence-electron chi connectivity index (χ3n) is 3.32. The normalized spacial score (nSPS) is 10.3. The van der Waals surface area contributed by atoms with Crippen molar-refractivity contribution in [2.75, 3.05) is 31.4 Å². The second kappa shape index (κ2) is 6.48. The van der Waals surface area contributed by atoms with Gasteiger partial charge in [-0.05, 0) is 25.5 Å². The van der Waals surface area contributed by atoms with Crippen LogP contribution < -0.4 is 15.0 Å². The Morgan fingerprint density at radius 3 is 2.38 bits per heavy atom. The van der Waals surface area contributed by atoms with E-state index in [4.69, 9.17) is 4.74 Å². The molecule has 2 rings (SSSR count). The summed E-state index contributed by atoms with van der Waals surface area (Å²) >= 11 is 0. The van der Waals surface area contributed by atoms with Crippen LogP contribution in [0.3, 0.4) is 0 Å². The van der Waals surface area contributed by atoms with Gasteiger partial charge in [0.2, 0.25) is 5.88 Å². The van der Waals surface area contributed by atoms with Gasteiger partial charge in [-0.15, -0.1) is 0 Å². The van der Waals surface area contributed by atoms with Crippen molar-refractivity contribution in [3.8, 4) is 5.88 Å². The van der Waals surface area contributed by atoms with Gasteiger partial charge in [0, 0.05) is 26.8 Å². The summed E-state index contributed by atoms with van der Waals surface area (Å²) in [6, 6.07) is 8.54. The molecule has 0 saturated heterocycles. The molecule has 0 aliphatic rings. The van der Waals surface area contributed by atoms with Crippen molar-refractivity contribution in [1.82, 2.24) is 4.98 Å². The molecular weight excluding hydrogens is 262 g/mol. The van der Waals surface area contributed by atoms with E-state index < -0.39 is 0 Å². The van der Waals surface area contributed by atoms with E-state index in [-0.39, 0.29) is 0 Å². The van der Waals surface area contributed by atoms with Crippen LogP contribution in [0.1, 0.15) is 16.7 Å². The van der Waals surface area contributed by atoms with Crippen molar-refractivity contribution in [2.45, 2.75) is 20.4 Å². The highest BCUT2D eigenvalue weighted by Crippen LogP contribution is 2.32. The van der Waals surface area contributed by atoms with E-state index in [1.807, 2.05) is 25.1 Å². The first-order valence-corrected chi connectivity index (χ1v) is 7.02. The van der Waals surface area contributed by atoms with Gasteiger partial charge in [0.25, 0.3) is 0 Å². The molecule has 1 aromatic heterocycles. The molecule has 0 spiro atoms. The number of nitrogens with zero attached hydrogens (tertiary/aromatic N) is 2. The number of rotatable bonds is 5. The molecule has 0 aliphatic carbocycles. The first-order chi connectivity index (χ1) is 10.0. The van der Waals surface area contributed by atoms with E-state index in [1.54, 1.807) is 13.3 Å². The Labute approximate surface area is 126 Å². The number of pyridine rings is 1. The fourth-order valence-electron chi connectivity index (χ4n) is 2.49. The van der Waals surface area contributed by atoms with Crippen molar-refractivity contribution < 1.29 is 4.74 Å². The van der Waals surface area contributed by atoms with Crippen molar-refractivity contribution in [3.63, 3.8) is 0 Å². The number of hydrogen-bond acceptors (Lipinski definition) is 4. The summed E-state index contributed by atoms with van der Waals surface area (Å²) < 4.78 is 5.37. The van der Waals surface area contributed by atoms with E-state index in [0.29, 0.717) is 5.88 Å². The van der Waals surface area contributed by atoms with E-state index in [0.717, 1.165) is 17.9 Å². The van der Waals surface area contributed by atoms with Crippen molar-refractivity contribution in [2.24, 2.45) is 0 Å². The highest BCUT2D eigenvalue weighted by Gasteiger charge is 2.11. The average molecular weight is 285 g/mol. The van der Waals surface area contributed by atoms with Crippen LogP contribution >= 0.6 is 0 Å². The molecule has 21 heavy (non-hydrogen) atoms. The fourth-order valence-corrected chi connectivity index (χ4v) is 2.49. The minimum atomic E-state index is 0.616. The SMILES string of the molecule is COc1nccc(N(C)C)c1NCc1cc(C)cc(C)c1. The topological polar surface area (TPSA) is 37.4 Å². The van der Waals surface area contributed by atoms with Gasteiger partial charge in [-0.3, -0.25) is 0 Å². The molecular formula is C17H23N3O. The zero-order valence-electron chi connectivity index (χ0n) is 13.4. The van der Waals surface area contributed by atoms with Gasteiger partial charge >= 0.3 is 0 Å². The molecule has 1 heterocycles. The molecule has 0 radical (unpaired) electrons. The van der Waals surface area contributed by atoms with Crippen LogP contribution in [-0.4, -0.2) is 26.2 Å². The summed E-state index contributed by atoms with van der Waals surface area (Å²) in [5, 5.41) is 3.46. The van der Waals surface area contributed by atoms with Crippen LogP contribution in [0, 0.1) is 13.8 Å². The van der Waals surface area contributed by atoms with Gasteiger partial charge < -0.3 is 15.0 Å². The molecule has 0 fully saturated rings. The molecule has 1 aromatic carbocycles. The Bertz CT molecular complexity index is 603. The van der Waals surface area contributed by atoms with E-state index in [9.17, 15) is 0 Å². The van der Waals surface area contributed by atoms with Gasteiger partial charge in [0.15, 0.2) is 0 Å². The third kappa shape index (κ3) is 3.66. The van der Waals surface area contributed by atoms with Crippen molar-refractivity contribution >= 4 is 11.4 Å². The quantitative estimate of drug-likeness (QED) is 0.914. The number of benzene rings is 1. The van der Waals surface area contributed by atoms with Gasteiger partial charge in [0.05, 0.1) is 12.8 Å². The van der Waals surface area contributed by atoms with E-state index in [1.165, 1.54) is 16.7 Å². The Hall–Kier alpha value is -2.23. The fraction of sp³-hybridized carbons (Fsp3) is 0.353. The number of hydrogen-bond donors (Lipinski definition) is 1. The Morgan fingerprint density at radius 1 is 1.14 bits per heavy atom. The number of aryl methyl sites for hydroxylation is 2. The van der Waals surface area contributed by atoms with Crippen LogP contribution in [-0.2, 0) is 6.54 Å². The zero-order valence-corrected chi connectivity index (χ0v) is 13.4. The van der Waals surface area contributed by atoms with Crippen molar-refractivity contribution in [1.29, 1.82) is 0 Å². The first kappa shape index (κ1) is 15.2. The number of nitrogens with one attached hydrogen (secondary N) is 1. The summed E-state index contributed by atoms with van der Waals surface area (Å²) in [5.74, 6) is 0.616. The summed E-state index contributed by atoms with van der Waals surface area (Å²) in [6.45, 7) is 4.98. The highest BCUT2D eigenvalue weighted by molar-refractivity contribution is 5.74. The second-order valence-electron chi connectivity index (χ2n) is 5.46. The minimum absolute atomic E-state index is 0.616. The smallest absolute Gasteiger partial charge is 0.239 e. The maximum atomic E-state index is 5.37. The Kier molecular flexibility index (Phi) is 4.68. The Morgan fingerprint density at radius 2 is 1.81 bits per heavy atom. The number of aromatic nitrogens is 1. The molecule has 0 unspecified atom stereocenters. The lowest BCUT2D eigenvalue weighted by Crippen LogP contribution is -2.13. The summed E-state index contributed by atoms with van der Waals surface area (Å²) in [5.41, 5.74) is 5.79. The van der Waals surface area contributed by atoms with Gasteiger partial charge in [-0.1, -0.05) is 29.3 Å². The van der Waals surface area contributed by atoms with Crippen LogP contribution in [0.25, 0.3) is 0 Å². The predicted molar refractivity (Wildman–Crippen MR) is 88.4 cm³/mol. The maximum absolute atomic E-state index is 5.37. The van der Waals surface area contributed by atoms with Gasteiger partial charge in [-0.25, -0.2) is 4.98 Å². The molecule has 0 atom stereocenters. The molecule has 2 aromatic rings. The standard InChI is InChI=1S/C17H23N3O/c1-12-8-13(2)10-14(9-12)11-19-16-15(20(3)4)6-7-18-17(16)21-5/h6-10,19H,11H2,1-5H3. The molecule has 0 aliphatic heterocycles. The molecule has 112 valence electrons. The van der Waals surface area contributed by atoms with E-state index in [2.05, 4.69) is 42.3 Å². The van der Waals surface area contributed by atoms with Crippen LogP contribution in [0.5, 0.6) is 5.88 Å². The molecule has 4 nitrogen and oxygen atoms in total. The summed E-state index contributed by atoms with van der Waals surface area (Å²) in [6.07, 6.45) is 1.76. The van der Waals surface area contributed by atoms with E-state index >= 15 is 0 Å². The summed E-state index contributed by atoms with van der Waals surface area (Å²) in [7, 11) is 5.66. The van der Waals surface area contributed by atoms with Gasteiger partial charge in [0.1, 0.15) is 5.69 Å². The monoisotopic (exact) mass is 285 g/mol. The first-order valence-electron chi connectivity index (χ1n) is 7.02. The lowest BCUT2D eigenvalue weighted by Gasteiger charge is -2.20. The number of methoxy groups -OCH3 is 1. The number of anilines is 2.